The van der Waals surface area contributed by atoms with E-state index in [1.54, 1.807) is 30.7 Å². The molecular formula is C24H19FN2O3S. The Labute approximate surface area is 183 Å². The van der Waals surface area contributed by atoms with E-state index >= 15 is 0 Å². The molecular weight excluding hydrogens is 415 g/mol. The van der Waals surface area contributed by atoms with E-state index in [-0.39, 0.29) is 18.3 Å². The molecule has 3 aromatic carbocycles. The molecule has 31 heavy (non-hydrogen) atoms. The fourth-order valence-electron chi connectivity index (χ4n) is 2.89. The average molecular weight is 434 g/mol. The molecule has 4 rings (SSSR count). The molecule has 1 N–H and O–H groups in total. The van der Waals surface area contributed by atoms with Gasteiger partial charge in [0.15, 0.2) is 11.5 Å². The second-order valence-electron chi connectivity index (χ2n) is 6.64. The molecule has 1 heterocycles. The number of amides is 1. The van der Waals surface area contributed by atoms with Crippen molar-refractivity contribution in [3.05, 3.63) is 95.3 Å². The largest absolute Gasteiger partial charge is 0.493 e. The van der Waals surface area contributed by atoms with Crippen molar-refractivity contribution >= 4 is 22.9 Å². The van der Waals surface area contributed by atoms with Gasteiger partial charge in [0.05, 0.1) is 7.11 Å². The van der Waals surface area contributed by atoms with Crippen molar-refractivity contribution in [2.45, 2.75) is 6.61 Å². The van der Waals surface area contributed by atoms with Crippen LogP contribution in [-0.4, -0.2) is 18.0 Å². The van der Waals surface area contributed by atoms with Gasteiger partial charge in [0, 0.05) is 16.6 Å². The normalized spacial score (nSPS) is 10.5. The number of halogens is 1. The van der Waals surface area contributed by atoms with E-state index in [4.69, 9.17) is 9.47 Å². The molecule has 0 bridgehead atoms. The van der Waals surface area contributed by atoms with Crippen molar-refractivity contribution in [1.82, 2.24) is 4.98 Å². The van der Waals surface area contributed by atoms with Crippen molar-refractivity contribution in [2.24, 2.45) is 0 Å². The van der Waals surface area contributed by atoms with Gasteiger partial charge >= 0.3 is 0 Å². The molecule has 0 radical (unpaired) electrons. The summed E-state index contributed by atoms with van der Waals surface area (Å²) in [5.41, 5.74) is 2.72. The number of rotatable bonds is 7. The maximum absolute atomic E-state index is 13.0. The van der Waals surface area contributed by atoms with Crippen molar-refractivity contribution in [3.63, 3.8) is 0 Å². The number of hydrogen-bond donors (Lipinski definition) is 1. The highest BCUT2D eigenvalue weighted by Crippen LogP contribution is 2.34. The van der Waals surface area contributed by atoms with Gasteiger partial charge in [-0.3, -0.25) is 4.79 Å². The third-order valence-electron chi connectivity index (χ3n) is 4.49. The van der Waals surface area contributed by atoms with Crippen molar-refractivity contribution in [1.29, 1.82) is 0 Å². The standard InChI is InChI=1S/C24H19FN2O3S/c1-29-22-13-17(9-12-21(22)30-14-16-7-10-18(25)11-8-16)24-27-20(15-31-24)23(28)26-19-5-3-2-4-6-19/h2-13,15H,14H2,1H3,(H,26,28). The average Bonchev–Trinajstić information content (AvgIpc) is 3.30. The SMILES string of the molecule is COc1cc(-c2nc(C(=O)Nc3ccccc3)cs2)ccc1OCc1ccc(F)cc1. The van der Waals surface area contributed by atoms with Crippen LogP contribution in [0.5, 0.6) is 11.5 Å². The minimum atomic E-state index is -0.286. The van der Waals surface area contributed by atoms with Crippen LogP contribution in [0, 0.1) is 5.82 Å². The first kappa shape index (κ1) is 20.6. The summed E-state index contributed by atoms with van der Waals surface area (Å²) in [5, 5.41) is 5.24. The third-order valence-corrected chi connectivity index (χ3v) is 5.38. The van der Waals surface area contributed by atoms with Crippen molar-refractivity contribution in [3.8, 4) is 22.1 Å². The van der Waals surface area contributed by atoms with Crippen molar-refractivity contribution in [2.75, 3.05) is 12.4 Å². The highest BCUT2D eigenvalue weighted by Gasteiger charge is 2.14. The highest BCUT2D eigenvalue weighted by atomic mass is 32.1. The first-order chi connectivity index (χ1) is 15.1. The second-order valence-corrected chi connectivity index (χ2v) is 7.50. The maximum Gasteiger partial charge on any atom is 0.275 e. The lowest BCUT2D eigenvalue weighted by atomic mass is 10.2. The van der Waals surface area contributed by atoms with Crippen LogP contribution in [0.15, 0.2) is 78.2 Å². The number of ether oxygens (including phenoxy) is 2. The zero-order valence-corrected chi connectivity index (χ0v) is 17.5. The Hall–Kier alpha value is -3.71. The van der Waals surface area contributed by atoms with Crippen LogP contribution >= 0.6 is 11.3 Å². The van der Waals surface area contributed by atoms with Crippen LogP contribution in [-0.2, 0) is 6.61 Å². The molecule has 0 saturated heterocycles. The monoisotopic (exact) mass is 434 g/mol. The van der Waals surface area contributed by atoms with E-state index in [9.17, 15) is 9.18 Å². The Bertz CT molecular complexity index is 1180. The fraction of sp³-hybridized carbons (Fsp3) is 0.0833. The summed E-state index contributed by atoms with van der Waals surface area (Å²) in [5.74, 6) is 0.560. The molecule has 0 spiro atoms. The number of hydrogen-bond acceptors (Lipinski definition) is 5. The van der Waals surface area contributed by atoms with Gasteiger partial charge < -0.3 is 14.8 Å². The zero-order valence-electron chi connectivity index (χ0n) is 16.7. The quantitative estimate of drug-likeness (QED) is 0.400. The predicted octanol–water partition coefficient (Wildman–Crippen LogP) is 5.79. The zero-order chi connectivity index (χ0) is 21.6. The molecule has 7 heteroatoms. The molecule has 4 aromatic rings. The first-order valence-corrected chi connectivity index (χ1v) is 10.4. The lowest BCUT2D eigenvalue weighted by Crippen LogP contribution is -2.12. The van der Waals surface area contributed by atoms with E-state index in [1.165, 1.54) is 23.5 Å². The number of carbonyl (C=O) groups is 1. The smallest absolute Gasteiger partial charge is 0.275 e. The van der Waals surface area contributed by atoms with Gasteiger partial charge in [-0.1, -0.05) is 30.3 Å². The molecule has 0 aliphatic carbocycles. The van der Waals surface area contributed by atoms with E-state index in [0.717, 1.165) is 11.1 Å². The number of para-hydroxylation sites is 1. The summed E-state index contributed by atoms with van der Waals surface area (Å²) in [6.45, 7) is 0.289. The number of nitrogens with zero attached hydrogens (tertiary/aromatic N) is 1. The van der Waals surface area contributed by atoms with Crippen LogP contribution in [0.1, 0.15) is 16.1 Å². The van der Waals surface area contributed by atoms with Gasteiger partial charge in [-0.15, -0.1) is 11.3 Å². The van der Waals surface area contributed by atoms with E-state index in [2.05, 4.69) is 10.3 Å². The Kier molecular flexibility index (Phi) is 6.24. The number of carbonyl (C=O) groups excluding carboxylic acids is 1. The van der Waals surface area contributed by atoms with Crippen LogP contribution in [0.2, 0.25) is 0 Å². The number of benzene rings is 3. The van der Waals surface area contributed by atoms with Crippen LogP contribution in [0.4, 0.5) is 10.1 Å². The second kappa shape index (κ2) is 9.40. The van der Waals surface area contributed by atoms with Gasteiger partial charge in [-0.2, -0.15) is 0 Å². The Morgan fingerprint density at radius 1 is 1.03 bits per heavy atom. The third kappa shape index (κ3) is 5.07. The summed E-state index contributed by atoms with van der Waals surface area (Å²) in [6, 6.07) is 20.9. The summed E-state index contributed by atoms with van der Waals surface area (Å²) >= 11 is 1.37. The Balaban J connectivity index is 1.47. The van der Waals surface area contributed by atoms with Crippen molar-refractivity contribution < 1.29 is 18.7 Å². The van der Waals surface area contributed by atoms with Crippen LogP contribution in [0.25, 0.3) is 10.6 Å². The highest BCUT2D eigenvalue weighted by molar-refractivity contribution is 7.13. The van der Waals surface area contributed by atoms with Gasteiger partial charge in [-0.05, 0) is 48.0 Å². The lowest BCUT2D eigenvalue weighted by molar-refractivity contribution is 0.102. The molecule has 5 nitrogen and oxygen atoms in total. The molecule has 0 saturated carbocycles. The number of thiazole rings is 1. The van der Waals surface area contributed by atoms with E-state index in [0.29, 0.717) is 27.9 Å². The predicted molar refractivity (Wildman–Crippen MR) is 119 cm³/mol. The van der Waals surface area contributed by atoms with Gasteiger partial charge in [0.2, 0.25) is 0 Å². The molecule has 156 valence electrons. The van der Waals surface area contributed by atoms with Crippen LogP contribution in [0.3, 0.4) is 0 Å². The molecule has 1 aromatic heterocycles. The number of aromatic nitrogens is 1. The minimum absolute atomic E-state index is 0.264. The number of methoxy groups -OCH3 is 1. The van der Waals surface area contributed by atoms with Gasteiger partial charge in [-0.25, -0.2) is 9.37 Å². The van der Waals surface area contributed by atoms with E-state index < -0.39 is 0 Å². The Morgan fingerprint density at radius 2 is 1.81 bits per heavy atom. The summed E-state index contributed by atoms with van der Waals surface area (Å²) in [7, 11) is 1.56. The molecule has 0 fully saturated rings. The molecule has 0 unspecified atom stereocenters. The minimum Gasteiger partial charge on any atom is -0.493 e. The maximum atomic E-state index is 13.0. The molecule has 0 aliphatic heterocycles. The summed E-state index contributed by atoms with van der Waals surface area (Å²) in [6.07, 6.45) is 0. The lowest BCUT2D eigenvalue weighted by Gasteiger charge is -2.12. The summed E-state index contributed by atoms with van der Waals surface area (Å²) < 4.78 is 24.3. The van der Waals surface area contributed by atoms with E-state index in [1.807, 2.05) is 42.5 Å². The topological polar surface area (TPSA) is 60.5 Å². The molecule has 1 amide bonds. The number of anilines is 1. The van der Waals surface area contributed by atoms with Gasteiger partial charge in [0.1, 0.15) is 23.1 Å². The summed E-state index contributed by atoms with van der Waals surface area (Å²) in [4.78, 5) is 16.9. The number of nitrogens with one attached hydrogen (secondary N) is 1. The molecule has 0 atom stereocenters. The Morgan fingerprint density at radius 3 is 2.55 bits per heavy atom. The van der Waals surface area contributed by atoms with Crippen LogP contribution < -0.4 is 14.8 Å². The first-order valence-electron chi connectivity index (χ1n) is 9.50. The fourth-order valence-corrected chi connectivity index (χ4v) is 3.69. The molecule has 0 aliphatic rings. The van der Waals surface area contributed by atoms with Gasteiger partial charge in [0.25, 0.3) is 5.91 Å².